The van der Waals surface area contributed by atoms with Crippen LogP contribution in [-0.4, -0.2) is 4.57 Å². The van der Waals surface area contributed by atoms with Crippen LogP contribution in [0.1, 0.15) is 22.3 Å². The predicted molar refractivity (Wildman–Crippen MR) is 288 cm³/mol. The Labute approximate surface area is 402 Å². The first kappa shape index (κ1) is 39.2. The van der Waals surface area contributed by atoms with Crippen LogP contribution in [0, 0.1) is 0 Å². The molecule has 322 valence electrons. The highest BCUT2D eigenvalue weighted by Gasteiger charge is 2.51. The summed E-state index contributed by atoms with van der Waals surface area (Å²) in [5.41, 5.74) is 23.7. The highest BCUT2D eigenvalue weighted by Crippen LogP contribution is 2.63. The van der Waals surface area contributed by atoms with Crippen molar-refractivity contribution in [3.05, 3.63) is 289 Å². The summed E-state index contributed by atoms with van der Waals surface area (Å²) < 4.78 is 2.47. The summed E-state index contributed by atoms with van der Waals surface area (Å²) in [5, 5.41) is 2.47. The van der Waals surface area contributed by atoms with Crippen LogP contribution in [0.3, 0.4) is 0 Å². The highest BCUT2D eigenvalue weighted by molar-refractivity contribution is 6.10. The van der Waals surface area contributed by atoms with Gasteiger partial charge in [-0.1, -0.05) is 224 Å². The quantitative estimate of drug-likeness (QED) is 0.155. The fourth-order valence-electron chi connectivity index (χ4n) is 12.1. The standard InChI is InChI=1S/C67H44N2/c1-2-22-45(23-3-1)47-24-4-5-25-48(47)49-26-6-7-27-50(49)55-31-11-17-37-62(55)68(65-40-20-21-41-66(65)69-63-38-18-12-32-56(63)57-33-13-19-39-64(57)69)46-42-43-54-53-30-10-16-36-60(53)67(61(54)44-46)58-34-14-8-28-51(58)52-29-9-15-35-59(52)67/h1-44H. The zero-order valence-electron chi connectivity index (χ0n) is 37.8. The summed E-state index contributed by atoms with van der Waals surface area (Å²) in [7, 11) is 0. The molecular weight excluding hydrogens is 833 g/mol. The SMILES string of the molecule is c1ccc(-c2ccccc2-c2ccccc2-c2ccccc2N(c2ccc3c(c2)C2(c4ccccc4-c4ccccc42)c2ccccc2-3)c2ccccc2-n2c3ccccc3c3ccccc32)cc1. The molecule has 0 unspecified atom stereocenters. The summed E-state index contributed by atoms with van der Waals surface area (Å²) in [4.78, 5) is 2.54. The van der Waals surface area contributed by atoms with Crippen molar-refractivity contribution < 1.29 is 0 Å². The number of fused-ring (bicyclic) bond motifs is 13. The van der Waals surface area contributed by atoms with Gasteiger partial charge in [0.25, 0.3) is 0 Å². The molecule has 2 nitrogen and oxygen atoms in total. The van der Waals surface area contributed by atoms with Gasteiger partial charge < -0.3 is 9.47 Å². The number of nitrogens with zero attached hydrogens (tertiary/aromatic N) is 2. The molecular formula is C67H44N2. The van der Waals surface area contributed by atoms with E-state index in [4.69, 9.17) is 0 Å². The van der Waals surface area contributed by atoms with Crippen molar-refractivity contribution in [2.45, 2.75) is 5.41 Å². The molecule has 1 heterocycles. The topological polar surface area (TPSA) is 8.17 Å². The summed E-state index contributed by atoms with van der Waals surface area (Å²) in [6.45, 7) is 0. The fourth-order valence-corrected chi connectivity index (χ4v) is 12.1. The Balaban J connectivity index is 1.07. The Kier molecular flexibility index (Phi) is 8.84. The molecule has 12 aromatic rings. The van der Waals surface area contributed by atoms with Crippen molar-refractivity contribution in [2.75, 3.05) is 4.90 Å². The maximum atomic E-state index is 2.54. The Morgan fingerprint density at radius 3 is 1.28 bits per heavy atom. The van der Waals surface area contributed by atoms with Crippen LogP contribution in [0.2, 0.25) is 0 Å². The molecule has 0 aliphatic heterocycles. The lowest BCUT2D eigenvalue weighted by atomic mass is 9.70. The number of benzene rings is 11. The van der Waals surface area contributed by atoms with Crippen LogP contribution in [0.5, 0.6) is 0 Å². The Bertz CT molecular complexity index is 3870. The molecule has 69 heavy (non-hydrogen) atoms. The largest absolute Gasteiger partial charge is 0.308 e. The molecule has 0 saturated carbocycles. The molecule has 0 fully saturated rings. The summed E-state index contributed by atoms with van der Waals surface area (Å²) in [6.07, 6.45) is 0. The fraction of sp³-hybridized carbons (Fsp3) is 0.0149. The van der Waals surface area contributed by atoms with E-state index >= 15 is 0 Å². The minimum Gasteiger partial charge on any atom is -0.308 e. The van der Waals surface area contributed by atoms with E-state index in [1.54, 1.807) is 0 Å². The normalized spacial score (nSPS) is 12.8. The molecule has 0 radical (unpaired) electrons. The molecule has 0 bridgehead atoms. The summed E-state index contributed by atoms with van der Waals surface area (Å²) in [5.74, 6) is 0. The molecule has 0 N–H and O–H groups in total. The van der Waals surface area contributed by atoms with Gasteiger partial charge in [0.2, 0.25) is 0 Å². The van der Waals surface area contributed by atoms with Crippen LogP contribution in [0.15, 0.2) is 267 Å². The Morgan fingerprint density at radius 2 is 0.681 bits per heavy atom. The van der Waals surface area contributed by atoms with Crippen LogP contribution in [-0.2, 0) is 5.41 Å². The van der Waals surface area contributed by atoms with Gasteiger partial charge >= 0.3 is 0 Å². The third-order valence-electron chi connectivity index (χ3n) is 14.8. The lowest BCUT2D eigenvalue weighted by molar-refractivity contribution is 0.793. The zero-order valence-corrected chi connectivity index (χ0v) is 37.8. The number of aromatic nitrogens is 1. The van der Waals surface area contributed by atoms with Gasteiger partial charge in [0.1, 0.15) is 0 Å². The van der Waals surface area contributed by atoms with E-state index in [9.17, 15) is 0 Å². The van der Waals surface area contributed by atoms with Gasteiger partial charge in [-0.2, -0.15) is 0 Å². The van der Waals surface area contributed by atoms with Gasteiger partial charge in [0.15, 0.2) is 0 Å². The first-order chi connectivity index (χ1) is 34.3. The van der Waals surface area contributed by atoms with Crippen molar-refractivity contribution >= 4 is 38.9 Å². The third-order valence-corrected chi connectivity index (χ3v) is 14.8. The van der Waals surface area contributed by atoms with E-state index in [-0.39, 0.29) is 0 Å². The smallest absolute Gasteiger partial charge is 0.0726 e. The first-order valence-corrected chi connectivity index (χ1v) is 23.9. The van der Waals surface area contributed by atoms with Crippen molar-refractivity contribution in [3.63, 3.8) is 0 Å². The maximum Gasteiger partial charge on any atom is 0.0726 e. The number of hydrogen-bond acceptors (Lipinski definition) is 1. The van der Waals surface area contributed by atoms with Crippen molar-refractivity contribution in [2.24, 2.45) is 0 Å². The van der Waals surface area contributed by atoms with E-state index in [2.05, 4.69) is 276 Å². The van der Waals surface area contributed by atoms with E-state index in [0.717, 1.165) is 28.3 Å². The van der Waals surface area contributed by atoms with Crippen LogP contribution < -0.4 is 4.90 Å². The first-order valence-electron chi connectivity index (χ1n) is 23.9. The predicted octanol–water partition coefficient (Wildman–Crippen LogP) is 17.6. The number of hydrogen-bond donors (Lipinski definition) is 0. The number of para-hydroxylation sites is 5. The molecule has 2 heteroatoms. The van der Waals surface area contributed by atoms with Crippen molar-refractivity contribution in [3.8, 4) is 61.3 Å². The second-order valence-corrected chi connectivity index (χ2v) is 18.3. The Morgan fingerprint density at radius 1 is 0.275 bits per heavy atom. The van der Waals surface area contributed by atoms with Gasteiger partial charge in [-0.3, -0.25) is 0 Å². The second kappa shape index (κ2) is 15.6. The van der Waals surface area contributed by atoms with Crippen LogP contribution in [0.25, 0.3) is 83.1 Å². The van der Waals surface area contributed by atoms with Crippen molar-refractivity contribution in [1.29, 1.82) is 0 Å². The van der Waals surface area contributed by atoms with Gasteiger partial charge in [-0.05, 0) is 115 Å². The van der Waals surface area contributed by atoms with Gasteiger partial charge in [-0.25, -0.2) is 0 Å². The summed E-state index contributed by atoms with van der Waals surface area (Å²) >= 11 is 0. The van der Waals surface area contributed by atoms with Crippen LogP contribution >= 0.6 is 0 Å². The molecule has 0 atom stereocenters. The zero-order chi connectivity index (χ0) is 45.5. The molecule has 0 amide bonds. The van der Waals surface area contributed by atoms with Gasteiger partial charge in [-0.15, -0.1) is 0 Å². The lowest BCUT2D eigenvalue weighted by Crippen LogP contribution is -2.26. The van der Waals surface area contributed by atoms with Gasteiger partial charge in [0, 0.05) is 22.0 Å². The van der Waals surface area contributed by atoms with Gasteiger partial charge in [0.05, 0.1) is 33.5 Å². The summed E-state index contributed by atoms with van der Waals surface area (Å²) in [6, 6.07) is 98.7. The Hall–Kier alpha value is -8.98. The van der Waals surface area contributed by atoms with E-state index in [0.29, 0.717) is 0 Å². The van der Waals surface area contributed by atoms with Crippen LogP contribution in [0.4, 0.5) is 17.1 Å². The maximum absolute atomic E-state index is 2.54. The molecule has 2 aliphatic rings. The lowest BCUT2D eigenvalue weighted by Gasteiger charge is -2.33. The van der Waals surface area contributed by atoms with Crippen molar-refractivity contribution in [1.82, 2.24) is 4.57 Å². The molecule has 0 saturated heterocycles. The minimum absolute atomic E-state index is 0.500. The second-order valence-electron chi connectivity index (χ2n) is 18.3. The van der Waals surface area contributed by atoms with E-state index in [1.165, 1.54) is 94.1 Å². The van der Waals surface area contributed by atoms with E-state index in [1.807, 2.05) is 0 Å². The average Bonchev–Trinajstić information content (AvgIpc) is 4.03. The molecule has 2 aliphatic carbocycles. The number of rotatable bonds is 7. The minimum atomic E-state index is -0.500. The molecule has 11 aromatic carbocycles. The molecule has 14 rings (SSSR count). The monoisotopic (exact) mass is 876 g/mol. The number of anilines is 3. The highest BCUT2D eigenvalue weighted by atomic mass is 15.2. The molecule has 1 spiro atoms. The third kappa shape index (κ3) is 5.73. The average molecular weight is 877 g/mol. The molecule has 1 aromatic heterocycles. The van der Waals surface area contributed by atoms with E-state index < -0.39 is 5.41 Å².